The maximum Gasteiger partial charge on any atom is 0.162 e. The largest absolute Gasteiger partial charge is 0.508 e. The molecule has 3 aromatic rings. The van der Waals surface area contributed by atoms with E-state index in [1.165, 1.54) is 0 Å². The number of hydrogen-bond acceptors (Lipinski definition) is 5. The Balaban J connectivity index is 2.17. The van der Waals surface area contributed by atoms with Gasteiger partial charge in [-0.25, -0.2) is 4.98 Å². The molecule has 0 amide bonds. The number of phenolic OH excluding ortho intramolecular Hbond substituents is 1. The topological polar surface area (TPSA) is 93.4 Å². The van der Waals surface area contributed by atoms with Crippen LogP contribution in [-0.2, 0) is 0 Å². The van der Waals surface area contributed by atoms with Gasteiger partial charge in [-0.05, 0) is 18.2 Å². The highest BCUT2D eigenvalue weighted by molar-refractivity contribution is 5.84. The molecular weight excluding hydrogens is 270 g/mol. The number of aromatic amines is 1. The molecule has 3 rings (SSSR count). The lowest BCUT2D eigenvalue weighted by molar-refractivity contribution is 0.355. The molecule has 108 valence electrons. The second-order valence-electron chi connectivity index (χ2n) is 4.58. The molecule has 6 nitrogen and oxygen atoms in total. The number of hydrogen-bond donors (Lipinski definition) is 3. The van der Waals surface area contributed by atoms with Crippen LogP contribution < -0.4 is 15.2 Å². The maximum atomic E-state index is 9.51. The summed E-state index contributed by atoms with van der Waals surface area (Å²) in [4.78, 5) is 7.61. The van der Waals surface area contributed by atoms with Crippen molar-refractivity contribution in [2.75, 3.05) is 20.0 Å². The Hall–Kier alpha value is -2.89. The van der Waals surface area contributed by atoms with Crippen LogP contribution in [0.15, 0.2) is 30.3 Å². The van der Waals surface area contributed by atoms with Crippen molar-refractivity contribution in [3.63, 3.8) is 0 Å². The van der Waals surface area contributed by atoms with E-state index < -0.39 is 0 Å². The van der Waals surface area contributed by atoms with Gasteiger partial charge in [0.2, 0.25) is 0 Å². The Kier molecular flexibility index (Phi) is 3.06. The van der Waals surface area contributed by atoms with Crippen LogP contribution in [0.4, 0.5) is 5.69 Å². The van der Waals surface area contributed by atoms with Crippen LogP contribution in [0.5, 0.6) is 17.2 Å². The minimum Gasteiger partial charge on any atom is -0.508 e. The normalized spacial score (nSPS) is 10.8. The molecule has 0 aliphatic heterocycles. The molecule has 6 heteroatoms. The number of nitrogens with one attached hydrogen (secondary N) is 1. The molecule has 2 aromatic carbocycles. The Morgan fingerprint density at radius 1 is 1.10 bits per heavy atom. The monoisotopic (exact) mass is 285 g/mol. The Labute approximate surface area is 121 Å². The van der Waals surface area contributed by atoms with Crippen molar-refractivity contribution in [2.24, 2.45) is 0 Å². The number of methoxy groups -OCH3 is 2. The van der Waals surface area contributed by atoms with Crippen LogP contribution >= 0.6 is 0 Å². The zero-order chi connectivity index (χ0) is 15.0. The number of aromatic nitrogens is 2. The number of rotatable bonds is 3. The zero-order valence-corrected chi connectivity index (χ0v) is 11.7. The van der Waals surface area contributed by atoms with Crippen LogP contribution in [0.25, 0.3) is 22.4 Å². The van der Waals surface area contributed by atoms with Crippen molar-refractivity contribution in [1.82, 2.24) is 9.97 Å². The third-order valence-corrected chi connectivity index (χ3v) is 3.28. The van der Waals surface area contributed by atoms with E-state index in [2.05, 4.69) is 9.97 Å². The average molecular weight is 285 g/mol. The first-order valence-corrected chi connectivity index (χ1v) is 6.33. The standard InChI is InChI=1S/C15H15N3O3/c1-20-13-6-9(10(16)7-14(13)21-2)15-17-11-4-3-8(19)5-12(11)18-15/h3-7,19H,16H2,1-2H3,(H,17,18). The van der Waals surface area contributed by atoms with E-state index in [-0.39, 0.29) is 5.75 Å². The molecular formula is C15H15N3O3. The minimum atomic E-state index is 0.179. The number of nitrogens with two attached hydrogens (primary N) is 1. The van der Waals surface area contributed by atoms with Gasteiger partial charge < -0.3 is 25.3 Å². The number of nitrogen functional groups attached to an aromatic ring is 1. The molecule has 0 unspecified atom stereocenters. The molecule has 1 heterocycles. The number of imidazole rings is 1. The molecule has 0 atom stereocenters. The molecule has 0 spiro atoms. The number of phenols is 1. The van der Waals surface area contributed by atoms with Gasteiger partial charge >= 0.3 is 0 Å². The van der Waals surface area contributed by atoms with Crippen molar-refractivity contribution < 1.29 is 14.6 Å². The quantitative estimate of drug-likeness (QED) is 0.643. The Morgan fingerprint density at radius 2 is 1.81 bits per heavy atom. The molecule has 0 aliphatic rings. The summed E-state index contributed by atoms with van der Waals surface area (Å²) in [7, 11) is 3.12. The molecule has 4 N–H and O–H groups in total. The minimum absolute atomic E-state index is 0.179. The highest BCUT2D eigenvalue weighted by atomic mass is 16.5. The summed E-state index contributed by atoms with van der Waals surface area (Å²) in [6, 6.07) is 8.40. The smallest absolute Gasteiger partial charge is 0.162 e. The second kappa shape index (κ2) is 4.90. The molecule has 0 aliphatic carbocycles. The van der Waals surface area contributed by atoms with Crippen molar-refractivity contribution in [3.05, 3.63) is 30.3 Å². The fourth-order valence-electron chi connectivity index (χ4n) is 2.22. The summed E-state index contributed by atoms with van der Waals surface area (Å²) < 4.78 is 10.5. The van der Waals surface area contributed by atoms with Crippen LogP contribution in [0.3, 0.4) is 0 Å². The number of anilines is 1. The van der Waals surface area contributed by atoms with E-state index in [4.69, 9.17) is 15.2 Å². The number of H-pyrrole nitrogens is 1. The fourth-order valence-corrected chi connectivity index (χ4v) is 2.22. The van der Waals surface area contributed by atoms with Gasteiger partial charge in [0, 0.05) is 23.4 Å². The Bertz CT molecular complexity index is 811. The first kappa shape index (κ1) is 13.1. The van der Waals surface area contributed by atoms with E-state index in [9.17, 15) is 5.11 Å². The maximum absolute atomic E-state index is 9.51. The number of benzene rings is 2. The first-order chi connectivity index (χ1) is 10.1. The molecule has 0 saturated carbocycles. The first-order valence-electron chi connectivity index (χ1n) is 6.33. The molecule has 0 fully saturated rings. The van der Waals surface area contributed by atoms with Crippen molar-refractivity contribution >= 4 is 16.7 Å². The van der Waals surface area contributed by atoms with Gasteiger partial charge in [0.05, 0.1) is 25.3 Å². The molecule has 0 saturated heterocycles. The summed E-state index contributed by atoms with van der Waals surface area (Å²) >= 11 is 0. The molecule has 21 heavy (non-hydrogen) atoms. The molecule has 1 aromatic heterocycles. The second-order valence-corrected chi connectivity index (χ2v) is 4.58. The zero-order valence-electron chi connectivity index (χ0n) is 11.7. The number of nitrogens with zero attached hydrogens (tertiary/aromatic N) is 1. The summed E-state index contributed by atoms with van der Waals surface area (Å²) in [5.41, 5.74) is 8.78. The van der Waals surface area contributed by atoms with Gasteiger partial charge in [0.15, 0.2) is 11.5 Å². The van der Waals surface area contributed by atoms with E-state index in [1.54, 1.807) is 44.6 Å². The number of aromatic hydroxyl groups is 1. The highest BCUT2D eigenvalue weighted by Crippen LogP contribution is 2.36. The predicted molar refractivity (Wildman–Crippen MR) is 80.7 cm³/mol. The van der Waals surface area contributed by atoms with Gasteiger partial charge in [-0.3, -0.25) is 0 Å². The average Bonchev–Trinajstić information content (AvgIpc) is 2.89. The van der Waals surface area contributed by atoms with Crippen molar-refractivity contribution in [2.45, 2.75) is 0 Å². The van der Waals surface area contributed by atoms with Crippen molar-refractivity contribution in [1.29, 1.82) is 0 Å². The van der Waals surface area contributed by atoms with E-state index >= 15 is 0 Å². The summed E-state index contributed by atoms with van der Waals surface area (Å²) in [5.74, 6) is 1.92. The lowest BCUT2D eigenvalue weighted by Crippen LogP contribution is -1.96. The summed E-state index contributed by atoms with van der Waals surface area (Å²) in [6.45, 7) is 0. The van der Waals surface area contributed by atoms with Gasteiger partial charge in [-0.2, -0.15) is 0 Å². The lowest BCUT2D eigenvalue weighted by Gasteiger charge is -2.11. The molecule has 0 bridgehead atoms. The van der Waals surface area contributed by atoms with Crippen LogP contribution in [0.2, 0.25) is 0 Å². The highest BCUT2D eigenvalue weighted by Gasteiger charge is 2.14. The summed E-state index contributed by atoms with van der Waals surface area (Å²) in [6.07, 6.45) is 0. The third kappa shape index (κ3) is 2.20. The van der Waals surface area contributed by atoms with Gasteiger partial charge in [0.25, 0.3) is 0 Å². The third-order valence-electron chi connectivity index (χ3n) is 3.28. The van der Waals surface area contributed by atoms with Gasteiger partial charge in [-0.15, -0.1) is 0 Å². The Morgan fingerprint density at radius 3 is 2.52 bits per heavy atom. The van der Waals surface area contributed by atoms with Gasteiger partial charge in [0.1, 0.15) is 11.6 Å². The lowest BCUT2D eigenvalue weighted by atomic mass is 10.1. The molecule has 0 radical (unpaired) electrons. The van der Waals surface area contributed by atoms with Gasteiger partial charge in [-0.1, -0.05) is 0 Å². The summed E-state index contributed by atoms with van der Waals surface area (Å²) in [5, 5.41) is 9.51. The van der Waals surface area contributed by atoms with Crippen molar-refractivity contribution in [3.8, 4) is 28.6 Å². The predicted octanol–water partition coefficient (Wildman–Crippen LogP) is 2.53. The van der Waals surface area contributed by atoms with E-state index in [1.807, 2.05) is 0 Å². The fraction of sp³-hybridized carbons (Fsp3) is 0.133. The van der Waals surface area contributed by atoms with Crippen LogP contribution in [-0.4, -0.2) is 29.3 Å². The van der Waals surface area contributed by atoms with E-state index in [0.717, 1.165) is 11.0 Å². The van der Waals surface area contributed by atoms with Crippen LogP contribution in [0, 0.1) is 0 Å². The van der Waals surface area contributed by atoms with Crippen LogP contribution in [0.1, 0.15) is 0 Å². The number of fused-ring (bicyclic) bond motifs is 1. The SMILES string of the molecule is COc1cc(N)c(-c2nc3ccc(O)cc3[nH]2)cc1OC. The number of ether oxygens (including phenoxy) is 2. The van der Waals surface area contributed by atoms with E-state index in [0.29, 0.717) is 28.6 Å².